The molecular formula is C25H25Ti-5. The van der Waals surface area contributed by atoms with Crippen LogP contribution in [0.3, 0.4) is 0 Å². The third-order valence-corrected chi connectivity index (χ3v) is 2.78. The molecule has 5 rings (SSSR count). The molecule has 0 unspecified atom stereocenters. The molecule has 0 nitrogen and oxygen atoms in total. The first-order valence-electron chi connectivity index (χ1n) is 8.33. The van der Waals surface area contributed by atoms with E-state index in [1.54, 1.807) is 0 Å². The molecule has 134 valence electrons. The summed E-state index contributed by atoms with van der Waals surface area (Å²) in [4.78, 5) is 0. The van der Waals surface area contributed by atoms with Gasteiger partial charge >= 0.3 is 0 Å². The fourth-order valence-corrected chi connectivity index (χ4v) is 1.60. The van der Waals surface area contributed by atoms with E-state index in [2.05, 4.69) is 0 Å². The second-order valence-electron chi connectivity index (χ2n) is 4.81. The van der Waals surface area contributed by atoms with E-state index >= 15 is 0 Å². The van der Waals surface area contributed by atoms with Gasteiger partial charge in [0.15, 0.2) is 0 Å². The van der Waals surface area contributed by atoms with Crippen LogP contribution < -0.4 is 0 Å². The minimum atomic E-state index is 0. The standard InChI is InChI=1S/5C5H5.Ti/c5*1-2-4-5-3-1;/h5*1-5H;/q5*-1;. The molecule has 0 saturated carbocycles. The van der Waals surface area contributed by atoms with E-state index in [0.29, 0.717) is 0 Å². The Labute approximate surface area is 173 Å². The molecule has 5 aromatic rings. The summed E-state index contributed by atoms with van der Waals surface area (Å²) in [6, 6.07) is 50.0. The van der Waals surface area contributed by atoms with Crippen molar-refractivity contribution in [2.75, 3.05) is 0 Å². The van der Waals surface area contributed by atoms with E-state index in [0.717, 1.165) is 0 Å². The maximum atomic E-state index is 2.00. The van der Waals surface area contributed by atoms with Gasteiger partial charge in [-0.2, -0.15) is 91.0 Å². The molecule has 5 aromatic carbocycles. The maximum Gasteiger partial charge on any atom is 0 e. The summed E-state index contributed by atoms with van der Waals surface area (Å²) in [5, 5.41) is 0. The van der Waals surface area contributed by atoms with Gasteiger partial charge in [-0.15, -0.1) is 0 Å². The van der Waals surface area contributed by atoms with E-state index in [1.165, 1.54) is 0 Å². The average Bonchev–Trinajstić information content (AvgIpc) is 3.55. The van der Waals surface area contributed by atoms with E-state index in [1.807, 2.05) is 152 Å². The first-order valence-corrected chi connectivity index (χ1v) is 8.33. The minimum Gasteiger partial charge on any atom is -0.214 e. The van der Waals surface area contributed by atoms with Gasteiger partial charge in [-0.3, -0.25) is 0 Å². The SMILES string of the molecule is [Ti].c1cc[cH-]c1.c1cc[cH-]c1.c1cc[cH-]c1.c1cc[cH-]c1.c1cc[cH-]c1. The Morgan fingerprint density at radius 3 is 0.385 bits per heavy atom. The van der Waals surface area contributed by atoms with Gasteiger partial charge in [-0.25, -0.2) is 60.7 Å². The van der Waals surface area contributed by atoms with Gasteiger partial charge in [0.05, 0.1) is 0 Å². The van der Waals surface area contributed by atoms with Crippen LogP contribution in [0.25, 0.3) is 0 Å². The molecule has 0 saturated heterocycles. The minimum absolute atomic E-state index is 0. The van der Waals surface area contributed by atoms with Crippen molar-refractivity contribution in [2.24, 2.45) is 0 Å². The van der Waals surface area contributed by atoms with E-state index < -0.39 is 0 Å². The maximum absolute atomic E-state index is 2.00. The third-order valence-electron chi connectivity index (χ3n) is 2.78. The van der Waals surface area contributed by atoms with Crippen molar-refractivity contribution in [1.82, 2.24) is 0 Å². The van der Waals surface area contributed by atoms with E-state index in [4.69, 9.17) is 0 Å². The van der Waals surface area contributed by atoms with Crippen LogP contribution >= 0.6 is 0 Å². The molecular weight excluding hydrogens is 348 g/mol. The van der Waals surface area contributed by atoms with Gasteiger partial charge in [-0.1, -0.05) is 0 Å². The molecule has 0 aliphatic rings. The van der Waals surface area contributed by atoms with Crippen LogP contribution in [0, 0.1) is 0 Å². The number of hydrogen-bond acceptors (Lipinski definition) is 0. The van der Waals surface area contributed by atoms with Gasteiger partial charge in [0.2, 0.25) is 0 Å². The van der Waals surface area contributed by atoms with E-state index in [-0.39, 0.29) is 21.7 Å². The van der Waals surface area contributed by atoms with Gasteiger partial charge < -0.3 is 0 Å². The monoisotopic (exact) mass is 373 g/mol. The van der Waals surface area contributed by atoms with Crippen molar-refractivity contribution in [2.45, 2.75) is 0 Å². The molecule has 0 bridgehead atoms. The molecule has 0 fully saturated rings. The molecule has 0 N–H and O–H groups in total. The van der Waals surface area contributed by atoms with Crippen molar-refractivity contribution >= 4 is 0 Å². The summed E-state index contributed by atoms with van der Waals surface area (Å²) in [6.45, 7) is 0. The fraction of sp³-hybridized carbons (Fsp3) is 0. The summed E-state index contributed by atoms with van der Waals surface area (Å²) in [7, 11) is 0. The number of rotatable bonds is 0. The van der Waals surface area contributed by atoms with E-state index in [9.17, 15) is 0 Å². The molecule has 0 radical (unpaired) electrons. The van der Waals surface area contributed by atoms with Crippen molar-refractivity contribution in [1.29, 1.82) is 0 Å². The first-order chi connectivity index (χ1) is 12.5. The van der Waals surface area contributed by atoms with Gasteiger partial charge in [0.25, 0.3) is 0 Å². The van der Waals surface area contributed by atoms with Crippen LogP contribution in [-0.4, -0.2) is 0 Å². The van der Waals surface area contributed by atoms with Crippen LogP contribution in [-0.2, 0) is 21.7 Å². The molecule has 0 atom stereocenters. The Balaban J connectivity index is 0.000000298. The summed E-state index contributed by atoms with van der Waals surface area (Å²) in [5.41, 5.74) is 0. The normalized spacial score (nSPS) is 7.69. The van der Waals surface area contributed by atoms with Crippen molar-refractivity contribution < 1.29 is 21.7 Å². The molecule has 0 aromatic heterocycles. The molecule has 0 heterocycles. The van der Waals surface area contributed by atoms with Crippen LogP contribution in [0.5, 0.6) is 0 Å². The van der Waals surface area contributed by atoms with Gasteiger partial charge in [0, 0.05) is 21.7 Å². The fourth-order valence-electron chi connectivity index (χ4n) is 1.60. The van der Waals surface area contributed by atoms with Crippen LogP contribution in [0.2, 0.25) is 0 Å². The Morgan fingerprint density at radius 2 is 0.346 bits per heavy atom. The van der Waals surface area contributed by atoms with Gasteiger partial charge in [-0.05, 0) is 0 Å². The molecule has 0 aliphatic heterocycles. The predicted molar refractivity (Wildman–Crippen MR) is 110 cm³/mol. The zero-order valence-electron chi connectivity index (χ0n) is 14.9. The second kappa shape index (κ2) is 20.5. The molecule has 0 spiro atoms. The van der Waals surface area contributed by atoms with Crippen LogP contribution in [0.15, 0.2) is 152 Å². The van der Waals surface area contributed by atoms with Crippen LogP contribution in [0.4, 0.5) is 0 Å². The van der Waals surface area contributed by atoms with Crippen LogP contribution in [0.1, 0.15) is 0 Å². The zero-order valence-corrected chi connectivity index (χ0v) is 16.5. The third kappa shape index (κ3) is 17.8. The van der Waals surface area contributed by atoms with Gasteiger partial charge in [0.1, 0.15) is 0 Å². The largest absolute Gasteiger partial charge is 0.214 e. The Hall–Kier alpha value is -2.54. The topological polar surface area (TPSA) is 0 Å². The zero-order chi connectivity index (χ0) is 17.7. The summed E-state index contributed by atoms with van der Waals surface area (Å²) < 4.78 is 0. The Kier molecular flexibility index (Phi) is 18.5. The van der Waals surface area contributed by atoms with Crippen molar-refractivity contribution in [3.63, 3.8) is 0 Å². The Bertz CT molecular complexity index is 441. The smallest absolute Gasteiger partial charge is 0 e. The first kappa shape index (κ1) is 23.5. The summed E-state index contributed by atoms with van der Waals surface area (Å²) in [6.07, 6.45) is 0. The molecule has 0 amide bonds. The summed E-state index contributed by atoms with van der Waals surface area (Å²) in [5.74, 6) is 0. The van der Waals surface area contributed by atoms with Crippen molar-refractivity contribution in [3.05, 3.63) is 152 Å². The number of hydrogen-bond donors (Lipinski definition) is 0. The average molecular weight is 373 g/mol. The molecule has 1 heteroatoms. The second-order valence-corrected chi connectivity index (χ2v) is 4.81. The predicted octanol–water partition coefficient (Wildman–Crippen LogP) is 7.03. The summed E-state index contributed by atoms with van der Waals surface area (Å²) >= 11 is 0. The molecule has 26 heavy (non-hydrogen) atoms. The van der Waals surface area contributed by atoms with Crippen molar-refractivity contribution in [3.8, 4) is 0 Å². The Morgan fingerprint density at radius 1 is 0.231 bits per heavy atom. The quantitative estimate of drug-likeness (QED) is 0.202. The molecule has 0 aliphatic carbocycles.